The van der Waals surface area contributed by atoms with Crippen molar-refractivity contribution in [2.24, 2.45) is 0 Å². The van der Waals surface area contributed by atoms with E-state index in [-0.39, 0.29) is 33.9 Å². The van der Waals surface area contributed by atoms with Crippen molar-refractivity contribution in [1.29, 1.82) is 0 Å². The lowest BCUT2D eigenvalue weighted by molar-refractivity contribution is -0.519. The lowest BCUT2D eigenvalue weighted by Crippen LogP contribution is -2.14. The van der Waals surface area contributed by atoms with E-state index in [2.05, 4.69) is 20.8 Å². The van der Waals surface area contributed by atoms with Gasteiger partial charge in [-0.2, -0.15) is 0 Å². The summed E-state index contributed by atoms with van der Waals surface area (Å²) in [6, 6.07) is -0.355. The SMILES string of the molecule is CCCCCC(C)[N+](=O)[O-].CCCCCCCCCCCC[N+](=O)[O-].CCCCCCCCCC[N+](=O)[O-]. The fourth-order valence-corrected chi connectivity index (χ4v) is 3.90. The summed E-state index contributed by atoms with van der Waals surface area (Å²) in [6.07, 6.45) is 25.6. The molecule has 0 N–H and O–H groups in total. The van der Waals surface area contributed by atoms with E-state index in [0.717, 1.165) is 57.8 Å². The fourth-order valence-electron chi connectivity index (χ4n) is 3.90. The molecule has 0 spiro atoms. The van der Waals surface area contributed by atoms with Crippen LogP contribution >= 0.6 is 0 Å². The van der Waals surface area contributed by atoms with E-state index in [1.165, 1.54) is 83.5 Å². The third-order valence-corrected chi connectivity index (χ3v) is 6.47. The van der Waals surface area contributed by atoms with Gasteiger partial charge in [-0.3, -0.25) is 30.3 Å². The average molecular weight is 548 g/mol. The summed E-state index contributed by atoms with van der Waals surface area (Å²) in [7, 11) is 0. The number of hydrogen-bond acceptors (Lipinski definition) is 6. The minimum atomic E-state index is -0.355. The second kappa shape index (κ2) is 35.2. The molecule has 0 aliphatic rings. The number of rotatable bonds is 25. The molecule has 9 heteroatoms. The van der Waals surface area contributed by atoms with Crippen molar-refractivity contribution in [2.45, 2.75) is 175 Å². The van der Waals surface area contributed by atoms with Gasteiger partial charge in [-0.25, -0.2) is 0 Å². The van der Waals surface area contributed by atoms with Crippen molar-refractivity contribution in [3.05, 3.63) is 30.3 Å². The monoisotopic (exact) mass is 547 g/mol. The first-order valence-corrected chi connectivity index (χ1v) is 15.6. The van der Waals surface area contributed by atoms with E-state index in [1.807, 2.05) is 0 Å². The summed E-state index contributed by atoms with van der Waals surface area (Å²) in [6.45, 7) is 8.49. The third kappa shape index (κ3) is 44.2. The standard InChI is InChI=1S/C12H25NO2.C10H21NO2.C7H15NO2/c1-2-3-4-5-6-7-8-9-10-11-12-13(14)15;1-2-3-4-5-6-7-8-9-10-11(12)13;1-3-4-5-6-7(2)8(9)10/h2-12H2,1H3;2-10H2,1H3;7H,3-6H2,1-2H3. The second-order valence-corrected chi connectivity index (χ2v) is 10.4. The van der Waals surface area contributed by atoms with Gasteiger partial charge in [0.2, 0.25) is 19.1 Å². The largest absolute Gasteiger partial charge is 0.265 e. The molecule has 0 saturated heterocycles. The van der Waals surface area contributed by atoms with Crippen LogP contribution in [-0.4, -0.2) is 33.9 Å². The van der Waals surface area contributed by atoms with Crippen LogP contribution in [0.2, 0.25) is 0 Å². The number of hydrogen-bond donors (Lipinski definition) is 0. The van der Waals surface area contributed by atoms with Crippen LogP contribution in [0.3, 0.4) is 0 Å². The average Bonchev–Trinajstić information content (AvgIpc) is 2.87. The number of nitro groups is 3. The van der Waals surface area contributed by atoms with Crippen LogP contribution < -0.4 is 0 Å². The summed E-state index contributed by atoms with van der Waals surface area (Å²) < 4.78 is 0. The van der Waals surface area contributed by atoms with Gasteiger partial charge in [-0.15, -0.1) is 0 Å². The molecular weight excluding hydrogens is 486 g/mol. The van der Waals surface area contributed by atoms with Crippen molar-refractivity contribution >= 4 is 0 Å². The lowest BCUT2D eigenvalue weighted by Gasteiger charge is -2.00. The smallest absolute Gasteiger partial charge is 0.210 e. The molecule has 0 aromatic rings. The van der Waals surface area contributed by atoms with E-state index < -0.39 is 0 Å². The van der Waals surface area contributed by atoms with Crippen molar-refractivity contribution in [3.63, 3.8) is 0 Å². The summed E-state index contributed by atoms with van der Waals surface area (Å²) in [5.74, 6) is 0. The first-order valence-electron chi connectivity index (χ1n) is 15.6. The second-order valence-electron chi connectivity index (χ2n) is 10.4. The van der Waals surface area contributed by atoms with Gasteiger partial charge in [0, 0.05) is 41.0 Å². The molecule has 0 heterocycles. The van der Waals surface area contributed by atoms with Crippen LogP contribution in [0.1, 0.15) is 169 Å². The minimum absolute atomic E-state index is 0.148. The molecule has 9 nitrogen and oxygen atoms in total. The highest BCUT2D eigenvalue weighted by Gasteiger charge is 2.10. The van der Waals surface area contributed by atoms with Crippen molar-refractivity contribution in [3.8, 4) is 0 Å². The van der Waals surface area contributed by atoms with Gasteiger partial charge < -0.3 is 0 Å². The highest BCUT2D eigenvalue weighted by Crippen LogP contribution is 2.10. The molecule has 0 aliphatic carbocycles. The Balaban J connectivity index is -0.000000494. The molecule has 228 valence electrons. The zero-order valence-corrected chi connectivity index (χ0v) is 25.3. The molecule has 0 aromatic carbocycles. The molecule has 0 amide bonds. The van der Waals surface area contributed by atoms with E-state index in [1.54, 1.807) is 6.92 Å². The first kappa shape index (κ1) is 40.7. The molecule has 0 rings (SSSR count). The van der Waals surface area contributed by atoms with Crippen LogP contribution in [0.4, 0.5) is 0 Å². The molecule has 0 aromatic heterocycles. The quantitative estimate of drug-likeness (QED) is 0.0635. The Morgan fingerprint density at radius 1 is 0.447 bits per heavy atom. The zero-order valence-electron chi connectivity index (χ0n) is 25.3. The Bertz CT molecular complexity index is 521. The molecule has 0 aliphatic heterocycles. The van der Waals surface area contributed by atoms with Crippen LogP contribution in [0.5, 0.6) is 0 Å². The van der Waals surface area contributed by atoms with E-state index in [4.69, 9.17) is 0 Å². The Morgan fingerprint density at radius 2 is 0.711 bits per heavy atom. The van der Waals surface area contributed by atoms with Gasteiger partial charge in [-0.05, 0) is 19.3 Å². The maximum Gasteiger partial charge on any atom is 0.210 e. The maximum atomic E-state index is 10.1. The van der Waals surface area contributed by atoms with E-state index >= 15 is 0 Å². The van der Waals surface area contributed by atoms with Crippen molar-refractivity contribution in [2.75, 3.05) is 13.1 Å². The highest BCUT2D eigenvalue weighted by molar-refractivity contribution is 4.49. The van der Waals surface area contributed by atoms with Gasteiger partial charge in [0.1, 0.15) is 0 Å². The molecule has 0 fully saturated rings. The molecule has 0 bridgehead atoms. The Kier molecular flexibility index (Phi) is 37.7. The van der Waals surface area contributed by atoms with E-state index in [0.29, 0.717) is 0 Å². The molecule has 0 saturated carbocycles. The molecular formula is C29H61N3O6. The topological polar surface area (TPSA) is 129 Å². The molecule has 0 radical (unpaired) electrons. The number of unbranched alkanes of at least 4 members (excludes halogenated alkanes) is 18. The minimum Gasteiger partial charge on any atom is -0.265 e. The molecule has 1 atom stereocenters. The number of nitrogens with zero attached hydrogens (tertiary/aromatic N) is 3. The normalized spacial score (nSPS) is 11.1. The van der Waals surface area contributed by atoms with Gasteiger partial charge in [0.15, 0.2) is 0 Å². The summed E-state index contributed by atoms with van der Waals surface area (Å²) in [5, 5.41) is 30.1. The first-order chi connectivity index (χ1) is 18.2. The zero-order chi connectivity index (χ0) is 29.3. The van der Waals surface area contributed by atoms with Gasteiger partial charge in [-0.1, -0.05) is 124 Å². The third-order valence-electron chi connectivity index (χ3n) is 6.47. The Hall–Kier alpha value is -1.80. The predicted octanol–water partition coefficient (Wildman–Crippen LogP) is 9.82. The summed E-state index contributed by atoms with van der Waals surface area (Å²) >= 11 is 0. The fraction of sp³-hybridized carbons (Fsp3) is 1.00. The van der Waals surface area contributed by atoms with Gasteiger partial charge in [0.05, 0.1) is 0 Å². The lowest BCUT2D eigenvalue weighted by atomic mass is 10.1. The van der Waals surface area contributed by atoms with Crippen LogP contribution in [0.25, 0.3) is 0 Å². The highest BCUT2D eigenvalue weighted by atomic mass is 16.6. The molecule has 38 heavy (non-hydrogen) atoms. The molecule has 1 unspecified atom stereocenters. The van der Waals surface area contributed by atoms with E-state index in [9.17, 15) is 30.3 Å². The summed E-state index contributed by atoms with van der Waals surface area (Å²) in [5.41, 5.74) is 0. The van der Waals surface area contributed by atoms with Gasteiger partial charge >= 0.3 is 0 Å². The van der Waals surface area contributed by atoms with Crippen molar-refractivity contribution in [1.82, 2.24) is 0 Å². The van der Waals surface area contributed by atoms with Crippen LogP contribution in [0, 0.1) is 30.3 Å². The van der Waals surface area contributed by atoms with Gasteiger partial charge in [0.25, 0.3) is 0 Å². The Morgan fingerprint density at radius 3 is 0.974 bits per heavy atom. The maximum absolute atomic E-state index is 10.1. The van der Waals surface area contributed by atoms with Crippen LogP contribution in [-0.2, 0) is 0 Å². The Labute approximate surface area is 233 Å². The summed E-state index contributed by atoms with van der Waals surface area (Å²) in [4.78, 5) is 29.5. The van der Waals surface area contributed by atoms with Crippen LogP contribution in [0.15, 0.2) is 0 Å². The predicted molar refractivity (Wildman–Crippen MR) is 159 cm³/mol. The van der Waals surface area contributed by atoms with Crippen molar-refractivity contribution < 1.29 is 14.8 Å².